The van der Waals surface area contributed by atoms with Gasteiger partial charge in [-0.15, -0.1) is 0 Å². The van der Waals surface area contributed by atoms with E-state index in [-0.39, 0.29) is 29.4 Å². The van der Waals surface area contributed by atoms with E-state index in [9.17, 15) is 19.8 Å². The number of phenols is 1. The highest BCUT2D eigenvalue weighted by molar-refractivity contribution is 5.94. The molecule has 27 heavy (non-hydrogen) atoms. The second-order valence-corrected chi connectivity index (χ2v) is 7.12. The molecule has 1 aromatic rings. The molecule has 7 nitrogen and oxygen atoms in total. The van der Waals surface area contributed by atoms with Crippen molar-refractivity contribution in [2.75, 3.05) is 0 Å². The van der Waals surface area contributed by atoms with Gasteiger partial charge < -0.3 is 25.0 Å². The van der Waals surface area contributed by atoms with Gasteiger partial charge in [-0.3, -0.25) is 4.79 Å². The summed E-state index contributed by atoms with van der Waals surface area (Å²) in [5.74, 6) is -0.880. The number of hydrogen-bond acceptors (Lipinski definition) is 6. The number of aromatic hydroxyl groups is 1. The lowest BCUT2D eigenvalue weighted by molar-refractivity contribution is -0.118. The molecule has 0 spiro atoms. The van der Waals surface area contributed by atoms with Crippen LogP contribution in [0, 0.1) is 0 Å². The van der Waals surface area contributed by atoms with E-state index in [1.165, 1.54) is 19.2 Å². The number of carbonyl (C=O) groups is 2. The van der Waals surface area contributed by atoms with Crippen LogP contribution in [-0.4, -0.2) is 46.5 Å². The molecule has 1 aromatic carbocycles. The molecule has 1 saturated heterocycles. The molecule has 3 rings (SSSR count). The standard InChI is InChI=1S/C20H25NO6/c1-12(22)21-7-3-5-15-11-17-10-14(23)9-16(26-17)8-13-4-2-6-18(24)19(13)20(25)27-15/h2-4,6-7,14-17,23-24H,5,8-11H2,1H3,(H,21,22)/b7-3+/t14-,15?,16-,17+/m0/s1. The van der Waals surface area contributed by atoms with Crippen molar-refractivity contribution in [3.63, 3.8) is 0 Å². The van der Waals surface area contributed by atoms with Crippen molar-refractivity contribution in [3.8, 4) is 5.75 Å². The van der Waals surface area contributed by atoms with Gasteiger partial charge in [-0.1, -0.05) is 18.2 Å². The van der Waals surface area contributed by atoms with Crippen LogP contribution in [0.3, 0.4) is 0 Å². The van der Waals surface area contributed by atoms with Gasteiger partial charge >= 0.3 is 5.97 Å². The second-order valence-electron chi connectivity index (χ2n) is 7.12. The Morgan fingerprint density at radius 2 is 2.07 bits per heavy atom. The number of benzene rings is 1. The zero-order chi connectivity index (χ0) is 19.4. The SMILES string of the molecule is CC(=O)N/C=C/CC1C[C@H]2C[C@@H](O)C[C@H](Cc3cccc(O)c3C(=O)O1)O2. The highest BCUT2D eigenvalue weighted by atomic mass is 16.5. The van der Waals surface area contributed by atoms with Crippen molar-refractivity contribution in [2.45, 2.75) is 63.4 Å². The lowest BCUT2D eigenvalue weighted by atomic mass is 9.91. The fraction of sp³-hybridized carbons (Fsp3) is 0.500. The highest BCUT2D eigenvalue weighted by Gasteiger charge is 2.34. The van der Waals surface area contributed by atoms with Crippen LogP contribution in [0.2, 0.25) is 0 Å². The maximum Gasteiger partial charge on any atom is 0.342 e. The normalized spacial score (nSPS) is 28.3. The molecular weight excluding hydrogens is 350 g/mol. The largest absolute Gasteiger partial charge is 0.507 e. The van der Waals surface area contributed by atoms with Gasteiger partial charge in [0.1, 0.15) is 17.4 Å². The Kier molecular flexibility index (Phi) is 6.13. The van der Waals surface area contributed by atoms with E-state index in [0.29, 0.717) is 37.7 Å². The summed E-state index contributed by atoms with van der Waals surface area (Å²) >= 11 is 0. The number of ether oxygens (including phenoxy) is 2. The number of fused-ring (bicyclic) bond motifs is 3. The Balaban J connectivity index is 1.85. The molecule has 1 unspecified atom stereocenters. The first-order chi connectivity index (χ1) is 12.9. The van der Waals surface area contributed by atoms with Crippen LogP contribution in [0.4, 0.5) is 0 Å². The first-order valence-corrected chi connectivity index (χ1v) is 9.20. The second kappa shape index (κ2) is 8.54. The maximum absolute atomic E-state index is 12.7. The Hall–Kier alpha value is -2.38. The lowest BCUT2D eigenvalue weighted by Crippen LogP contribution is -2.40. The van der Waals surface area contributed by atoms with E-state index >= 15 is 0 Å². The van der Waals surface area contributed by atoms with E-state index < -0.39 is 18.2 Å². The van der Waals surface area contributed by atoms with Crippen molar-refractivity contribution in [1.29, 1.82) is 0 Å². The van der Waals surface area contributed by atoms with Gasteiger partial charge in [0, 0.05) is 19.8 Å². The lowest BCUT2D eigenvalue weighted by Gasteiger charge is -2.36. The van der Waals surface area contributed by atoms with Crippen molar-refractivity contribution in [1.82, 2.24) is 5.32 Å². The summed E-state index contributed by atoms with van der Waals surface area (Å²) in [7, 11) is 0. The van der Waals surface area contributed by atoms with Crippen LogP contribution >= 0.6 is 0 Å². The smallest absolute Gasteiger partial charge is 0.342 e. The number of esters is 1. The van der Waals surface area contributed by atoms with E-state index in [1.807, 2.05) is 0 Å². The maximum atomic E-state index is 12.7. The first-order valence-electron chi connectivity index (χ1n) is 9.20. The van der Waals surface area contributed by atoms with Gasteiger partial charge in [-0.2, -0.15) is 0 Å². The van der Waals surface area contributed by atoms with Crippen molar-refractivity contribution < 1.29 is 29.3 Å². The summed E-state index contributed by atoms with van der Waals surface area (Å²) in [6, 6.07) is 4.90. The number of phenolic OH excluding ortho intramolecular Hbond substituents is 1. The number of aliphatic hydroxyl groups is 1. The van der Waals surface area contributed by atoms with Gasteiger partial charge in [-0.25, -0.2) is 4.79 Å². The molecule has 1 fully saturated rings. The molecule has 2 aliphatic rings. The monoisotopic (exact) mass is 375 g/mol. The average molecular weight is 375 g/mol. The minimum Gasteiger partial charge on any atom is -0.507 e. The number of carbonyl (C=O) groups excluding carboxylic acids is 2. The Bertz CT molecular complexity index is 731. The number of amides is 1. The Labute approximate surface area is 158 Å². The topological polar surface area (TPSA) is 105 Å². The van der Waals surface area contributed by atoms with Crippen LogP contribution in [0.15, 0.2) is 30.5 Å². The third kappa shape index (κ3) is 5.08. The van der Waals surface area contributed by atoms with Gasteiger partial charge in [0.2, 0.25) is 5.91 Å². The predicted octanol–water partition coefficient (Wildman–Crippen LogP) is 1.81. The third-order valence-electron chi connectivity index (χ3n) is 4.84. The molecule has 3 N–H and O–H groups in total. The zero-order valence-corrected chi connectivity index (χ0v) is 15.3. The van der Waals surface area contributed by atoms with Gasteiger partial charge in [0.15, 0.2) is 0 Å². The molecule has 2 aliphatic heterocycles. The van der Waals surface area contributed by atoms with E-state index in [4.69, 9.17) is 9.47 Å². The van der Waals surface area contributed by atoms with Gasteiger partial charge in [-0.05, 0) is 37.1 Å². The first kappa shape index (κ1) is 19.4. The number of hydrogen-bond donors (Lipinski definition) is 3. The molecule has 4 atom stereocenters. The van der Waals surface area contributed by atoms with Crippen LogP contribution in [0.25, 0.3) is 0 Å². The molecule has 146 valence electrons. The van der Waals surface area contributed by atoms with Crippen molar-refractivity contribution in [2.24, 2.45) is 0 Å². The van der Waals surface area contributed by atoms with E-state index in [2.05, 4.69) is 5.32 Å². The molecule has 0 aromatic heterocycles. The van der Waals surface area contributed by atoms with E-state index in [0.717, 1.165) is 0 Å². The minimum absolute atomic E-state index is 0.126. The molecule has 0 radical (unpaired) electrons. The third-order valence-corrected chi connectivity index (χ3v) is 4.84. The fourth-order valence-corrected chi connectivity index (χ4v) is 3.70. The number of rotatable bonds is 3. The van der Waals surface area contributed by atoms with Crippen LogP contribution in [-0.2, 0) is 20.7 Å². The summed E-state index contributed by atoms with van der Waals surface area (Å²) < 4.78 is 11.8. The molecular formula is C20H25NO6. The van der Waals surface area contributed by atoms with Crippen molar-refractivity contribution >= 4 is 11.9 Å². The summed E-state index contributed by atoms with van der Waals surface area (Å²) in [6.45, 7) is 1.41. The number of cyclic esters (lactones) is 1. The average Bonchev–Trinajstić information content (AvgIpc) is 2.57. The summed E-state index contributed by atoms with van der Waals surface area (Å²) in [5, 5.41) is 23.0. The van der Waals surface area contributed by atoms with Gasteiger partial charge in [0.05, 0.1) is 18.3 Å². The quantitative estimate of drug-likeness (QED) is 0.696. The fourth-order valence-electron chi connectivity index (χ4n) is 3.70. The number of aliphatic hydroxyl groups excluding tert-OH is 1. The summed E-state index contributed by atoms with van der Waals surface area (Å²) in [6.07, 6.45) is 4.06. The molecule has 2 heterocycles. The summed E-state index contributed by atoms with van der Waals surface area (Å²) in [5.41, 5.74) is 0.794. The molecule has 1 amide bonds. The highest BCUT2D eigenvalue weighted by Crippen LogP contribution is 2.32. The van der Waals surface area contributed by atoms with E-state index in [1.54, 1.807) is 18.2 Å². The molecule has 7 heteroatoms. The summed E-state index contributed by atoms with van der Waals surface area (Å²) in [4.78, 5) is 23.7. The Morgan fingerprint density at radius 1 is 1.30 bits per heavy atom. The molecule has 2 bridgehead atoms. The minimum atomic E-state index is -0.568. The van der Waals surface area contributed by atoms with Crippen molar-refractivity contribution in [3.05, 3.63) is 41.6 Å². The Morgan fingerprint density at radius 3 is 2.85 bits per heavy atom. The van der Waals surface area contributed by atoms with Crippen LogP contribution in [0.1, 0.15) is 48.5 Å². The molecule has 0 aliphatic carbocycles. The number of nitrogens with one attached hydrogen (secondary N) is 1. The zero-order valence-electron chi connectivity index (χ0n) is 15.3. The van der Waals surface area contributed by atoms with Crippen LogP contribution < -0.4 is 5.32 Å². The molecule has 0 saturated carbocycles. The van der Waals surface area contributed by atoms with Gasteiger partial charge in [0.25, 0.3) is 0 Å². The predicted molar refractivity (Wildman–Crippen MR) is 97.1 cm³/mol. The van der Waals surface area contributed by atoms with Crippen LogP contribution in [0.5, 0.6) is 5.75 Å².